The average molecular weight is 417 g/mol. The molecule has 0 unspecified atom stereocenters. The summed E-state index contributed by atoms with van der Waals surface area (Å²) in [6.45, 7) is 4.96. The topological polar surface area (TPSA) is 44.8 Å². The molecule has 2 aromatic heterocycles. The molecule has 0 atom stereocenters. The van der Waals surface area contributed by atoms with Crippen molar-refractivity contribution in [2.75, 3.05) is 6.54 Å². The number of fused-ring (bicyclic) bond motifs is 2. The van der Waals surface area contributed by atoms with Gasteiger partial charge in [-0.05, 0) is 35.7 Å². The van der Waals surface area contributed by atoms with Crippen LogP contribution in [0, 0.1) is 0 Å². The summed E-state index contributed by atoms with van der Waals surface area (Å²) in [5, 5.41) is 2.04. The van der Waals surface area contributed by atoms with Crippen LogP contribution in [0.5, 0.6) is 0 Å². The van der Waals surface area contributed by atoms with Crippen molar-refractivity contribution < 1.29 is 0 Å². The minimum Gasteiger partial charge on any atom is -0.354 e. The molecule has 0 saturated carbocycles. The molecular formula is C25H25ClN4. The predicted octanol–water partition coefficient (Wildman–Crippen LogP) is 5.79. The van der Waals surface area contributed by atoms with E-state index < -0.39 is 0 Å². The van der Waals surface area contributed by atoms with Gasteiger partial charge < -0.3 is 4.98 Å². The number of nitrogens with one attached hydrogen (secondary N) is 1. The third-order valence-corrected chi connectivity index (χ3v) is 6.12. The number of para-hydroxylation sites is 1. The number of aromatic nitrogens is 3. The van der Waals surface area contributed by atoms with Crippen LogP contribution in [0.25, 0.3) is 22.2 Å². The van der Waals surface area contributed by atoms with Crippen LogP contribution in [0.3, 0.4) is 0 Å². The van der Waals surface area contributed by atoms with Crippen molar-refractivity contribution in [2.45, 2.75) is 39.3 Å². The maximum Gasteiger partial charge on any atom is 0.128 e. The summed E-state index contributed by atoms with van der Waals surface area (Å²) in [5.74, 6) is 0.978. The van der Waals surface area contributed by atoms with E-state index in [1.54, 1.807) is 0 Å². The molecule has 0 saturated heterocycles. The summed E-state index contributed by atoms with van der Waals surface area (Å²) in [5.41, 5.74) is 7.32. The second kappa shape index (κ2) is 8.21. The van der Waals surface area contributed by atoms with E-state index in [4.69, 9.17) is 16.6 Å². The molecule has 0 radical (unpaired) electrons. The number of halogens is 1. The maximum atomic E-state index is 6.12. The number of rotatable bonds is 5. The molecule has 0 bridgehead atoms. The quantitative estimate of drug-likeness (QED) is 0.448. The van der Waals surface area contributed by atoms with Crippen molar-refractivity contribution in [3.63, 3.8) is 0 Å². The molecule has 0 spiro atoms. The second-order valence-electron chi connectivity index (χ2n) is 8.00. The molecule has 5 rings (SSSR count). The number of nitrogens with zero attached hydrogens (tertiary/aromatic N) is 3. The van der Waals surface area contributed by atoms with E-state index in [1.807, 2.05) is 18.3 Å². The molecule has 0 amide bonds. The molecule has 0 fully saturated rings. The number of hydrogen-bond donors (Lipinski definition) is 1. The lowest BCUT2D eigenvalue weighted by molar-refractivity contribution is 0.243. The van der Waals surface area contributed by atoms with E-state index in [9.17, 15) is 0 Å². The monoisotopic (exact) mass is 416 g/mol. The van der Waals surface area contributed by atoms with Gasteiger partial charge >= 0.3 is 0 Å². The zero-order chi connectivity index (χ0) is 20.5. The smallest absolute Gasteiger partial charge is 0.128 e. The molecule has 30 heavy (non-hydrogen) atoms. The van der Waals surface area contributed by atoms with E-state index in [-0.39, 0.29) is 0 Å². The Kier molecular flexibility index (Phi) is 5.28. The van der Waals surface area contributed by atoms with Crippen molar-refractivity contribution in [3.05, 3.63) is 82.4 Å². The molecular weight excluding hydrogens is 392 g/mol. The summed E-state index contributed by atoms with van der Waals surface area (Å²) in [4.78, 5) is 15.5. The van der Waals surface area contributed by atoms with Gasteiger partial charge in [0.25, 0.3) is 0 Å². The van der Waals surface area contributed by atoms with Crippen molar-refractivity contribution in [3.8, 4) is 11.3 Å². The highest BCUT2D eigenvalue weighted by atomic mass is 35.5. The summed E-state index contributed by atoms with van der Waals surface area (Å²) in [6, 6.07) is 16.6. The van der Waals surface area contributed by atoms with E-state index in [0.29, 0.717) is 0 Å². The van der Waals surface area contributed by atoms with Crippen LogP contribution < -0.4 is 0 Å². The summed E-state index contributed by atoms with van der Waals surface area (Å²) >= 11 is 6.12. The lowest BCUT2D eigenvalue weighted by Crippen LogP contribution is -2.31. The molecule has 4 aromatic rings. The first-order valence-electron chi connectivity index (χ1n) is 10.6. The fourth-order valence-corrected chi connectivity index (χ4v) is 4.47. The van der Waals surface area contributed by atoms with Gasteiger partial charge in [0.2, 0.25) is 0 Å². The average Bonchev–Trinajstić information content (AvgIpc) is 3.13. The van der Waals surface area contributed by atoms with Crippen molar-refractivity contribution in [1.82, 2.24) is 19.9 Å². The van der Waals surface area contributed by atoms with Crippen LogP contribution in [-0.4, -0.2) is 26.4 Å². The number of benzene rings is 2. The molecule has 1 N–H and O–H groups in total. The van der Waals surface area contributed by atoms with E-state index >= 15 is 0 Å². The van der Waals surface area contributed by atoms with Gasteiger partial charge in [-0.15, -0.1) is 0 Å². The first-order chi connectivity index (χ1) is 14.7. The lowest BCUT2D eigenvalue weighted by atomic mass is 10.0. The number of aryl methyl sites for hydroxylation is 1. The highest BCUT2D eigenvalue weighted by Gasteiger charge is 2.21. The Morgan fingerprint density at radius 1 is 1.10 bits per heavy atom. The number of aromatic amines is 1. The Morgan fingerprint density at radius 2 is 1.93 bits per heavy atom. The Morgan fingerprint density at radius 3 is 2.77 bits per heavy atom. The van der Waals surface area contributed by atoms with Gasteiger partial charge in [0, 0.05) is 65.9 Å². The van der Waals surface area contributed by atoms with Crippen molar-refractivity contribution >= 4 is 22.5 Å². The summed E-state index contributed by atoms with van der Waals surface area (Å²) in [7, 11) is 0. The molecule has 3 heterocycles. The third-order valence-electron chi connectivity index (χ3n) is 5.86. The molecule has 5 heteroatoms. The van der Waals surface area contributed by atoms with E-state index in [1.165, 1.54) is 33.4 Å². The number of H-pyrrole nitrogens is 1. The van der Waals surface area contributed by atoms with Gasteiger partial charge in [-0.25, -0.2) is 9.97 Å². The van der Waals surface area contributed by atoms with Crippen molar-refractivity contribution in [2.24, 2.45) is 0 Å². The normalized spacial score (nSPS) is 14.2. The highest BCUT2D eigenvalue weighted by molar-refractivity contribution is 6.30. The molecule has 4 nitrogen and oxygen atoms in total. The standard InChI is InChI=1S/C25H25ClN4/c1-2-5-24-27-14-18-15-30(13-12-22(18)28-24)16-21-20-6-3-4-7-23(20)29-25(21)17-8-10-19(26)11-9-17/h3-4,6-11,14,29H,2,5,12-13,15-16H2,1H3. The highest BCUT2D eigenvalue weighted by Crippen LogP contribution is 2.33. The maximum absolute atomic E-state index is 6.12. The van der Waals surface area contributed by atoms with Gasteiger partial charge in [-0.1, -0.05) is 48.9 Å². The van der Waals surface area contributed by atoms with Crippen LogP contribution in [0.1, 0.15) is 36.0 Å². The molecule has 0 aliphatic carbocycles. The van der Waals surface area contributed by atoms with Crippen LogP contribution in [0.4, 0.5) is 0 Å². The first kappa shape index (κ1) is 19.3. The predicted molar refractivity (Wildman–Crippen MR) is 123 cm³/mol. The second-order valence-corrected chi connectivity index (χ2v) is 8.44. The molecule has 2 aromatic carbocycles. The van der Waals surface area contributed by atoms with Crippen LogP contribution >= 0.6 is 11.6 Å². The molecule has 1 aliphatic rings. The zero-order valence-corrected chi connectivity index (χ0v) is 17.9. The van der Waals surface area contributed by atoms with Gasteiger partial charge in [0.05, 0.1) is 5.69 Å². The number of hydrogen-bond acceptors (Lipinski definition) is 3. The minimum atomic E-state index is 0.756. The largest absolute Gasteiger partial charge is 0.354 e. The Labute approximate surface area is 181 Å². The fraction of sp³-hybridized carbons (Fsp3) is 0.280. The zero-order valence-electron chi connectivity index (χ0n) is 17.2. The van der Waals surface area contributed by atoms with Crippen LogP contribution in [0.2, 0.25) is 5.02 Å². The Hall–Kier alpha value is -2.69. The minimum absolute atomic E-state index is 0.756. The summed E-state index contributed by atoms with van der Waals surface area (Å²) in [6.07, 6.45) is 5.05. The van der Waals surface area contributed by atoms with Gasteiger partial charge in [-0.2, -0.15) is 0 Å². The van der Waals surface area contributed by atoms with Crippen LogP contribution in [-0.2, 0) is 25.9 Å². The van der Waals surface area contributed by atoms with Gasteiger partial charge in [-0.3, -0.25) is 4.90 Å². The summed E-state index contributed by atoms with van der Waals surface area (Å²) < 4.78 is 0. The fourth-order valence-electron chi connectivity index (χ4n) is 4.35. The van der Waals surface area contributed by atoms with Crippen LogP contribution in [0.15, 0.2) is 54.7 Å². The Bertz CT molecular complexity index is 1180. The molecule has 152 valence electrons. The van der Waals surface area contributed by atoms with Gasteiger partial charge in [0.1, 0.15) is 5.82 Å². The Balaban J connectivity index is 1.47. The van der Waals surface area contributed by atoms with E-state index in [0.717, 1.165) is 55.3 Å². The SMILES string of the molecule is CCCc1ncc2c(n1)CCN(Cc1c(-c3ccc(Cl)cc3)[nH]c3ccccc13)C2. The molecule has 1 aliphatic heterocycles. The van der Waals surface area contributed by atoms with Crippen molar-refractivity contribution in [1.29, 1.82) is 0 Å². The van der Waals surface area contributed by atoms with E-state index in [2.05, 4.69) is 58.2 Å². The first-order valence-corrected chi connectivity index (χ1v) is 11.0. The lowest BCUT2D eigenvalue weighted by Gasteiger charge is -2.28. The third kappa shape index (κ3) is 3.73. The van der Waals surface area contributed by atoms with Gasteiger partial charge in [0.15, 0.2) is 0 Å².